The van der Waals surface area contributed by atoms with Crippen molar-refractivity contribution in [2.24, 2.45) is 0 Å². The lowest BCUT2D eigenvalue weighted by Crippen LogP contribution is -2.15. The van der Waals surface area contributed by atoms with E-state index in [0.29, 0.717) is 5.82 Å². The van der Waals surface area contributed by atoms with E-state index >= 15 is 0 Å². The summed E-state index contributed by atoms with van der Waals surface area (Å²) in [5.41, 5.74) is 1.02. The molecule has 2 rings (SSSR count). The minimum Gasteiger partial charge on any atom is -0.478 e. The first-order valence-electron chi connectivity index (χ1n) is 6.94. The van der Waals surface area contributed by atoms with Crippen molar-refractivity contribution in [3.8, 4) is 6.07 Å². The first-order valence-corrected chi connectivity index (χ1v) is 6.94. The predicted molar refractivity (Wildman–Crippen MR) is 88.3 cm³/mol. The Labute approximate surface area is 138 Å². The highest BCUT2D eigenvalue weighted by Crippen LogP contribution is 2.13. The van der Waals surface area contributed by atoms with Gasteiger partial charge in [0.2, 0.25) is 0 Å². The van der Waals surface area contributed by atoms with Gasteiger partial charge in [0.1, 0.15) is 17.5 Å². The molecule has 120 valence electrons. The molecule has 0 radical (unpaired) electrons. The van der Waals surface area contributed by atoms with E-state index in [1.807, 2.05) is 13.0 Å². The number of hydrogen-bond donors (Lipinski definition) is 3. The number of nitrogens with zero attached hydrogens (tertiary/aromatic N) is 2. The number of aromatic nitrogens is 1. The van der Waals surface area contributed by atoms with Gasteiger partial charge in [0.15, 0.2) is 0 Å². The van der Waals surface area contributed by atoms with Crippen molar-refractivity contribution >= 4 is 23.4 Å². The maximum atomic E-state index is 12.1. The van der Waals surface area contributed by atoms with Gasteiger partial charge in [-0.1, -0.05) is 12.1 Å². The zero-order chi connectivity index (χ0) is 17.5. The summed E-state index contributed by atoms with van der Waals surface area (Å²) in [4.78, 5) is 27.1. The zero-order valence-corrected chi connectivity index (χ0v) is 12.8. The number of nitrogens with one attached hydrogen (secondary N) is 2. The van der Waals surface area contributed by atoms with Crippen LogP contribution in [0.1, 0.15) is 15.9 Å². The second-order valence-electron chi connectivity index (χ2n) is 4.82. The van der Waals surface area contributed by atoms with Gasteiger partial charge in [0.05, 0.1) is 5.56 Å². The minimum atomic E-state index is -1.10. The van der Waals surface area contributed by atoms with Crippen LogP contribution in [0.4, 0.5) is 11.5 Å². The smallest absolute Gasteiger partial charge is 0.335 e. The molecule has 1 aromatic heterocycles. The van der Waals surface area contributed by atoms with Crippen molar-refractivity contribution in [2.75, 3.05) is 10.6 Å². The molecule has 0 bridgehead atoms. The molecule has 0 aliphatic carbocycles. The summed E-state index contributed by atoms with van der Waals surface area (Å²) in [6.07, 6.45) is 2.85. The lowest BCUT2D eigenvalue weighted by molar-refractivity contribution is -0.112. The van der Waals surface area contributed by atoms with Gasteiger partial charge in [-0.2, -0.15) is 5.26 Å². The quantitative estimate of drug-likeness (QED) is 0.575. The molecule has 0 unspecified atom stereocenters. The molecule has 2 aromatic rings. The average Bonchev–Trinajstić information content (AvgIpc) is 2.57. The number of amides is 1. The lowest BCUT2D eigenvalue weighted by atomic mass is 10.2. The summed E-state index contributed by atoms with van der Waals surface area (Å²) in [5.74, 6) is -1.22. The van der Waals surface area contributed by atoms with Gasteiger partial charge in [-0.3, -0.25) is 4.79 Å². The Bertz CT molecular complexity index is 853. The summed E-state index contributed by atoms with van der Waals surface area (Å²) in [6, 6.07) is 11.2. The van der Waals surface area contributed by atoms with E-state index in [-0.39, 0.29) is 16.8 Å². The number of benzene rings is 1. The average molecular weight is 322 g/mol. The van der Waals surface area contributed by atoms with E-state index < -0.39 is 11.9 Å². The van der Waals surface area contributed by atoms with Crippen molar-refractivity contribution in [3.05, 3.63) is 65.5 Å². The molecule has 7 nitrogen and oxygen atoms in total. The Hall–Kier alpha value is -3.66. The van der Waals surface area contributed by atoms with Crippen LogP contribution in [0, 0.1) is 18.3 Å². The van der Waals surface area contributed by atoms with Gasteiger partial charge in [-0.25, -0.2) is 9.78 Å². The zero-order valence-electron chi connectivity index (χ0n) is 12.8. The highest BCUT2D eigenvalue weighted by Gasteiger charge is 2.11. The number of carboxylic acid groups (broad SMARTS) is 1. The number of carboxylic acids is 1. The number of rotatable bonds is 5. The van der Waals surface area contributed by atoms with E-state index in [0.717, 1.165) is 5.56 Å². The number of pyridine rings is 1. The molecule has 0 saturated carbocycles. The molecule has 1 heterocycles. The van der Waals surface area contributed by atoms with E-state index in [9.17, 15) is 9.59 Å². The van der Waals surface area contributed by atoms with Crippen LogP contribution in [0.2, 0.25) is 0 Å². The Balaban J connectivity index is 2.13. The molecule has 0 atom stereocenters. The van der Waals surface area contributed by atoms with Crippen LogP contribution in [0.15, 0.2) is 54.4 Å². The molecule has 1 amide bonds. The van der Waals surface area contributed by atoms with Crippen LogP contribution >= 0.6 is 0 Å². The molecule has 0 fully saturated rings. The molecule has 0 aliphatic rings. The fraction of sp³-hybridized carbons (Fsp3) is 0.0588. The first-order chi connectivity index (χ1) is 11.5. The van der Waals surface area contributed by atoms with Crippen LogP contribution in [0.25, 0.3) is 0 Å². The van der Waals surface area contributed by atoms with E-state index in [1.54, 1.807) is 18.3 Å². The van der Waals surface area contributed by atoms with Crippen LogP contribution < -0.4 is 10.6 Å². The molecule has 0 saturated heterocycles. The largest absolute Gasteiger partial charge is 0.478 e. The van der Waals surface area contributed by atoms with E-state index in [4.69, 9.17) is 10.4 Å². The SMILES string of the molecule is Cc1cccnc1N/C=C(/C#N)C(=O)Nc1cccc(C(=O)O)c1. The minimum absolute atomic E-state index is 0.0394. The number of nitriles is 1. The van der Waals surface area contributed by atoms with Gasteiger partial charge in [0, 0.05) is 18.1 Å². The number of carbonyl (C=O) groups excluding carboxylic acids is 1. The predicted octanol–water partition coefficient (Wildman–Crippen LogP) is 2.55. The summed E-state index contributed by atoms with van der Waals surface area (Å²) >= 11 is 0. The Kier molecular flexibility index (Phi) is 5.26. The normalized spacial score (nSPS) is 10.6. The van der Waals surface area contributed by atoms with Crippen molar-refractivity contribution in [2.45, 2.75) is 6.92 Å². The second-order valence-corrected chi connectivity index (χ2v) is 4.82. The third kappa shape index (κ3) is 4.18. The topological polar surface area (TPSA) is 115 Å². The maximum absolute atomic E-state index is 12.1. The van der Waals surface area contributed by atoms with E-state index in [2.05, 4.69) is 15.6 Å². The number of carbonyl (C=O) groups is 2. The van der Waals surface area contributed by atoms with Crippen LogP contribution in [0.5, 0.6) is 0 Å². The maximum Gasteiger partial charge on any atom is 0.335 e. The van der Waals surface area contributed by atoms with Gasteiger partial charge in [0.25, 0.3) is 5.91 Å². The van der Waals surface area contributed by atoms with Crippen molar-refractivity contribution in [1.82, 2.24) is 4.98 Å². The summed E-state index contributed by atoms with van der Waals surface area (Å²) in [7, 11) is 0. The molecule has 0 spiro atoms. The number of hydrogen-bond acceptors (Lipinski definition) is 5. The second kappa shape index (κ2) is 7.56. The van der Waals surface area contributed by atoms with Gasteiger partial charge < -0.3 is 15.7 Å². The van der Waals surface area contributed by atoms with Crippen molar-refractivity contribution in [1.29, 1.82) is 5.26 Å². The molecular weight excluding hydrogens is 308 g/mol. The van der Waals surface area contributed by atoms with Gasteiger partial charge in [-0.05, 0) is 36.8 Å². The van der Waals surface area contributed by atoms with Crippen LogP contribution in [-0.4, -0.2) is 22.0 Å². The van der Waals surface area contributed by atoms with Crippen molar-refractivity contribution in [3.63, 3.8) is 0 Å². The monoisotopic (exact) mass is 322 g/mol. The molecule has 3 N–H and O–H groups in total. The molecule has 7 heteroatoms. The van der Waals surface area contributed by atoms with Crippen LogP contribution in [-0.2, 0) is 4.79 Å². The van der Waals surface area contributed by atoms with Gasteiger partial charge >= 0.3 is 5.97 Å². The summed E-state index contributed by atoms with van der Waals surface area (Å²) < 4.78 is 0. The Morgan fingerprint density at radius 1 is 1.29 bits per heavy atom. The Morgan fingerprint density at radius 3 is 2.75 bits per heavy atom. The highest BCUT2D eigenvalue weighted by molar-refractivity contribution is 6.07. The number of anilines is 2. The molecule has 1 aromatic carbocycles. The van der Waals surface area contributed by atoms with Gasteiger partial charge in [-0.15, -0.1) is 0 Å². The number of aryl methyl sites for hydroxylation is 1. The lowest BCUT2D eigenvalue weighted by Gasteiger charge is -2.06. The number of aromatic carboxylic acids is 1. The molecular formula is C17H14N4O3. The van der Waals surface area contributed by atoms with E-state index in [1.165, 1.54) is 30.5 Å². The first kappa shape index (κ1) is 16.7. The molecule has 24 heavy (non-hydrogen) atoms. The van der Waals surface area contributed by atoms with Crippen LogP contribution in [0.3, 0.4) is 0 Å². The third-order valence-electron chi connectivity index (χ3n) is 3.10. The summed E-state index contributed by atoms with van der Waals surface area (Å²) in [5, 5.41) is 23.4. The fourth-order valence-electron chi connectivity index (χ4n) is 1.85. The highest BCUT2D eigenvalue weighted by atomic mass is 16.4. The standard InChI is InChI=1S/C17H14N4O3/c1-11-4-3-7-19-15(11)20-10-13(9-18)16(22)21-14-6-2-5-12(8-14)17(23)24/h2-8,10H,1H3,(H,19,20)(H,21,22)(H,23,24)/b13-10-. The van der Waals surface area contributed by atoms with Crippen molar-refractivity contribution < 1.29 is 14.7 Å². The third-order valence-corrected chi connectivity index (χ3v) is 3.10. The fourth-order valence-corrected chi connectivity index (χ4v) is 1.85. The Morgan fingerprint density at radius 2 is 2.08 bits per heavy atom. The molecule has 0 aliphatic heterocycles. The summed E-state index contributed by atoms with van der Waals surface area (Å²) in [6.45, 7) is 1.84.